The fraction of sp³-hybridized carbons (Fsp3) is 0.611. The smallest absolute Gasteiger partial charge is 0.425 e. The minimum Gasteiger partial charge on any atom is -0.481 e. The minimum atomic E-state index is -4.51. The standard InChI is InChI=1S/C18H22F3N3O2/c1-10(18(19,20)21)26-14-7-13(23-9-12(14)11-5-6-11)16(25)24-15(8-22)17(2,3)4/h7,9-11,15H,5-6H2,1-4H3,(H,24,25)/t10-,15?/m0/s1. The Morgan fingerprint density at radius 2 is 2.00 bits per heavy atom. The van der Waals surface area contributed by atoms with Crippen LogP contribution in [0.1, 0.15) is 62.5 Å². The molecule has 1 aliphatic rings. The fourth-order valence-electron chi connectivity index (χ4n) is 2.28. The molecule has 2 rings (SSSR count). The Balaban J connectivity index is 2.26. The van der Waals surface area contributed by atoms with E-state index >= 15 is 0 Å². The molecule has 0 aromatic carbocycles. The van der Waals surface area contributed by atoms with E-state index in [1.54, 1.807) is 20.8 Å². The van der Waals surface area contributed by atoms with Crippen LogP contribution in [0.25, 0.3) is 0 Å². The van der Waals surface area contributed by atoms with Crippen LogP contribution in [0.15, 0.2) is 12.3 Å². The SMILES string of the molecule is C[C@H](Oc1cc(C(=O)NC(C#N)C(C)(C)C)ncc1C1CC1)C(F)(F)F. The highest BCUT2D eigenvalue weighted by molar-refractivity contribution is 5.93. The maximum atomic E-state index is 12.8. The average molecular weight is 369 g/mol. The third kappa shape index (κ3) is 4.87. The van der Waals surface area contributed by atoms with Crippen LogP contribution >= 0.6 is 0 Å². The lowest BCUT2D eigenvalue weighted by Gasteiger charge is -2.25. The normalized spacial score (nSPS) is 17.2. The second kappa shape index (κ2) is 7.14. The first-order valence-electron chi connectivity index (χ1n) is 8.37. The molecule has 142 valence electrons. The number of aromatic nitrogens is 1. The van der Waals surface area contributed by atoms with E-state index in [2.05, 4.69) is 10.3 Å². The van der Waals surface area contributed by atoms with Crippen molar-refractivity contribution in [3.8, 4) is 11.8 Å². The molecule has 8 heteroatoms. The summed E-state index contributed by atoms with van der Waals surface area (Å²) >= 11 is 0. The van der Waals surface area contributed by atoms with E-state index < -0.39 is 29.6 Å². The number of alkyl halides is 3. The number of ether oxygens (including phenoxy) is 1. The van der Waals surface area contributed by atoms with Gasteiger partial charge in [-0.1, -0.05) is 20.8 Å². The Bertz CT molecular complexity index is 716. The summed E-state index contributed by atoms with van der Waals surface area (Å²) in [7, 11) is 0. The minimum absolute atomic E-state index is 0.0155. The lowest BCUT2D eigenvalue weighted by molar-refractivity contribution is -0.189. The van der Waals surface area contributed by atoms with Crippen molar-refractivity contribution in [3.05, 3.63) is 23.5 Å². The van der Waals surface area contributed by atoms with Crippen molar-refractivity contribution in [3.63, 3.8) is 0 Å². The van der Waals surface area contributed by atoms with Crippen LogP contribution < -0.4 is 10.1 Å². The zero-order chi connectivity index (χ0) is 19.7. The molecule has 2 atom stereocenters. The van der Waals surface area contributed by atoms with Gasteiger partial charge in [-0.25, -0.2) is 0 Å². The van der Waals surface area contributed by atoms with E-state index in [-0.39, 0.29) is 17.4 Å². The van der Waals surface area contributed by atoms with Gasteiger partial charge in [0.2, 0.25) is 0 Å². The van der Waals surface area contributed by atoms with Crippen molar-refractivity contribution in [2.75, 3.05) is 0 Å². The molecule has 1 N–H and O–H groups in total. The number of pyridine rings is 1. The lowest BCUT2D eigenvalue weighted by atomic mass is 9.87. The molecule has 0 saturated heterocycles. The second-order valence-electron chi connectivity index (χ2n) is 7.58. The van der Waals surface area contributed by atoms with Crippen LogP contribution in [0.3, 0.4) is 0 Å². The first-order valence-corrected chi connectivity index (χ1v) is 8.37. The lowest BCUT2D eigenvalue weighted by Crippen LogP contribution is -2.43. The third-order valence-electron chi connectivity index (χ3n) is 4.18. The molecule has 1 aliphatic carbocycles. The van der Waals surface area contributed by atoms with Crippen molar-refractivity contribution in [2.24, 2.45) is 5.41 Å². The van der Waals surface area contributed by atoms with Gasteiger partial charge in [-0.3, -0.25) is 9.78 Å². The summed E-state index contributed by atoms with van der Waals surface area (Å²) in [4.78, 5) is 16.4. The van der Waals surface area contributed by atoms with Crippen molar-refractivity contribution in [2.45, 2.75) is 64.8 Å². The first-order chi connectivity index (χ1) is 11.9. The molecule has 1 amide bonds. The van der Waals surface area contributed by atoms with Gasteiger partial charge in [0.15, 0.2) is 6.10 Å². The summed E-state index contributed by atoms with van der Waals surface area (Å²) in [5.74, 6) is -0.503. The van der Waals surface area contributed by atoms with Gasteiger partial charge >= 0.3 is 6.18 Å². The maximum absolute atomic E-state index is 12.8. The molecule has 0 spiro atoms. The summed E-state index contributed by atoms with van der Waals surface area (Å²) in [6, 6.07) is 2.47. The highest BCUT2D eigenvalue weighted by atomic mass is 19.4. The number of hydrogen-bond donors (Lipinski definition) is 1. The zero-order valence-electron chi connectivity index (χ0n) is 15.1. The number of hydrogen-bond acceptors (Lipinski definition) is 4. The van der Waals surface area contributed by atoms with E-state index in [9.17, 15) is 23.2 Å². The van der Waals surface area contributed by atoms with Crippen molar-refractivity contribution >= 4 is 5.91 Å². The predicted octanol–water partition coefficient (Wildman–Crippen LogP) is 3.96. The second-order valence-corrected chi connectivity index (χ2v) is 7.58. The first kappa shape index (κ1) is 20.0. The molecule has 0 radical (unpaired) electrons. The molecule has 1 heterocycles. The van der Waals surface area contributed by atoms with Gasteiger partial charge in [0.25, 0.3) is 5.91 Å². The zero-order valence-corrected chi connectivity index (χ0v) is 15.1. The van der Waals surface area contributed by atoms with Gasteiger partial charge in [0.05, 0.1) is 6.07 Å². The maximum Gasteiger partial charge on any atom is 0.425 e. The molecule has 1 aromatic rings. The number of amides is 1. The van der Waals surface area contributed by atoms with E-state index in [0.717, 1.165) is 19.8 Å². The Morgan fingerprint density at radius 3 is 2.46 bits per heavy atom. The molecule has 26 heavy (non-hydrogen) atoms. The van der Waals surface area contributed by atoms with Gasteiger partial charge in [0.1, 0.15) is 17.5 Å². The highest BCUT2D eigenvalue weighted by Crippen LogP contribution is 2.44. The quantitative estimate of drug-likeness (QED) is 0.853. The summed E-state index contributed by atoms with van der Waals surface area (Å²) < 4.78 is 43.6. The fourth-order valence-corrected chi connectivity index (χ4v) is 2.28. The van der Waals surface area contributed by atoms with Gasteiger partial charge in [0, 0.05) is 17.8 Å². The molecule has 1 fully saturated rings. The number of nitrogens with one attached hydrogen (secondary N) is 1. The Hall–Kier alpha value is -2.30. The highest BCUT2D eigenvalue weighted by Gasteiger charge is 2.39. The molecule has 1 unspecified atom stereocenters. The van der Waals surface area contributed by atoms with Crippen LogP contribution in [-0.2, 0) is 0 Å². The summed E-state index contributed by atoms with van der Waals surface area (Å²) in [6.07, 6.45) is -3.41. The molecule has 1 aromatic heterocycles. The number of carbonyl (C=O) groups excluding carboxylic acids is 1. The number of halogens is 3. The Kier molecular flexibility index (Phi) is 5.49. The van der Waals surface area contributed by atoms with E-state index in [4.69, 9.17) is 4.74 Å². The van der Waals surface area contributed by atoms with Crippen LogP contribution in [0, 0.1) is 16.7 Å². The van der Waals surface area contributed by atoms with Gasteiger partial charge in [-0.05, 0) is 31.1 Å². The Labute approximate surface area is 150 Å². The summed E-state index contributed by atoms with van der Waals surface area (Å²) in [5.41, 5.74) is -0.00347. The predicted molar refractivity (Wildman–Crippen MR) is 88.7 cm³/mol. The monoisotopic (exact) mass is 369 g/mol. The van der Waals surface area contributed by atoms with E-state index in [1.165, 1.54) is 12.3 Å². The molecule has 0 aliphatic heterocycles. The number of carbonyl (C=O) groups is 1. The largest absolute Gasteiger partial charge is 0.481 e. The summed E-state index contributed by atoms with van der Waals surface area (Å²) in [6.45, 7) is 6.31. The molecule has 5 nitrogen and oxygen atoms in total. The Morgan fingerprint density at radius 1 is 1.38 bits per heavy atom. The molecule has 1 saturated carbocycles. The number of nitriles is 1. The number of rotatable bonds is 5. The van der Waals surface area contributed by atoms with Crippen LogP contribution in [0.2, 0.25) is 0 Å². The third-order valence-corrected chi connectivity index (χ3v) is 4.18. The average Bonchev–Trinajstić information content (AvgIpc) is 3.34. The van der Waals surface area contributed by atoms with Crippen molar-refractivity contribution in [1.29, 1.82) is 5.26 Å². The summed E-state index contributed by atoms with van der Waals surface area (Å²) in [5, 5.41) is 11.8. The van der Waals surface area contributed by atoms with E-state index in [1.807, 2.05) is 6.07 Å². The van der Waals surface area contributed by atoms with Gasteiger partial charge in [-0.2, -0.15) is 18.4 Å². The van der Waals surface area contributed by atoms with Crippen LogP contribution in [-0.4, -0.2) is 29.2 Å². The number of nitrogens with zero attached hydrogens (tertiary/aromatic N) is 2. The van der Waals surface area contributed by atoms with Gasteiger partial charge in [-0.15, -0.1) is 0 Å². The molecular weight excluding hydrogens is 347 g/mol. The molecule has 0 bridgehead atoms. The van der Waals surface area contributed by atoms with Crippen molar-refractivity contribution in [1.82, 2.24) is 10.3 Å². The molecular formula is C18H22F3N3O2. The van der Waals surface area contributed by atoms with E-state index in [0.29, 0.717) is 5.56 Å². The topological polar surface area (TPSA) is 75.0 Å². The van der Waals surface area contributed by atoms with Gasteiger partial charge < -0.3 is 10.1 Å². The van der Waals surface area contributed by atoms with Crippen LogP contribution in [0.5, 0.6) is 5.75 Å². The van der Waals surface area contributed by atoms with Crippen molar-refractivity contribution < 1.29 is 22.7 Å². The van der Waals surface area contributed by atoms with Crippen LogP contribution in [0.4, 0.5) is 13.2 Å².